The van der Waals surface area contributed by atoms with Crippen LogP contribution in [0.25, 0.3) is 0 Å². The Bertz CT molecular complexity index is 1050. The van der Waals surface area contributed by atoms with E-state index >= 15 is 0 Å². The molecule has 1 aromatic heterocycles. The number of aromatic amines is 1. The molecule has 2 heterocycles. The summed E-state index contributed by atoms with van der Waals surface area (Å²) in [5, 5.41) is 3.08. The van der Waals surface area contributed by atoms with Gasteiger partial charge in [0.15, 0.2) is 47.0 Å². The minimum atomic E-state index is -1.29. The van der Waals surface area contributed by atoms with E-state index in [0.29, 0.717) is 0 Å². The Hall–Kier alpha value is -3.26. The molecule has 14 heteroatoms. The first kappa shape index (κ1) is 27.0. The molecule has 1 fully saturated rings. The summed E-state index contributed by atoms with van der Waals surface area (Å²) in [5.41, 5.74) is -0.778. The van der Waals surface area contributed by atoms with Crippen molar-refractivity contribution in [1.29, 1.82) is 0 Å². The summed E-state index contributed by atoms with van der Waals surface area (Å²) < 4.78 is 21.5. The number of carbonyl (C=O) groups is 4. The van der Waals surface area contributed by atoms with Crippen LogP contribution in [0.4, 0.5) is 11.5 Å². The zero-order valence-electron chi connectivity index (χ0n) is 19.5. The van der Waals surface area contributed by atoms with Gasteiger partial charge < -0.3 is 24.3 Å². The quantitative estimate of drug-likeness (QED) is 0.169. The molecule has 4 unspecified atom stereocenters. The maximum Gasteiger partial charge on any atom is 0.303 e. The number of hydrogen-bond acceptors (Lipinski definition) is 13. The van der Waals surface area contributed by atoms with Gasteiger partial charge >= 0.3 is 17.9 Å². The van der Waals surface area contributed by atoms with Crippen LogP contribution in [0.1, 0.15) is 34.6 Å². The van der Waals surface area contributed by atoms with Gasteiger partial charge in [-0.2, -0.15) is 0 Å². The summed E-state index contributed by atoms with van der Waals surface area (Å²) in [6.07, 6.45) is -3.07. The van der Waals surface area contributed by atoms with Crippen molar-refractivity contribution in [1.82, 2.24) is 9.97 Å². The predicted molar refractivity (Wildman–Crippen MR) is 120 cm³/mol. The summed E-state index contributed by atoms with van der Waals surface area (Å²) >= 11 is 1.15. The maximum absolute atomic E-state index is 12.6. The van der Waals surface area contributed by atoms with E-state index in [1.54, 1.807) is 6.26 Å². The lowest BCUT2D eigenvalue weighted by Gasteiger charge is -2.40. The smallest absolute Gasteiger partial charge is 0.303 e. The number of H-pyrrole nitrogens is 1. The fourth-order valence-electron chi connectivity index (χ4n) is 2.99. The highest BCUT2D eigenvalue weighted by Crippen LogP contribution is 2.28. The average molecular weight is 499 g/mol. The van der Waals surface area contributed by atoms with Gasteiger partial charge in [-0.05, 0) is 13.2 Å². The maximum atomic E-state index is 12.6. The normalized spacial score (nSPS) is 22.5. The molecule has 0 bridgehead atoms. The number of ketones is 1. The Balaban J connectivity index is 2.53. The van der Waals surface area contributed by atoms with E-state index < -0.39 is 48.0 Å². The van der Waals surface area contributed by atoms with Crippen molar-refractivity contribution in [3.05, 3.63) is 10.4 Å². The summed E-state index contributed by atoms with van der Waals surface area (Å²) in [6, 6.07) is 0. The Morgan fingerprint density at radius 2 is 1.62 bits per heavy atom. The van der Waals surface area contributed by atoms with Crippen molar-refractivity contribution >= 4 is 52.7 Å². The van der Waals surface area contributed by atoms with Gasteiger partial charge in [-0.25, -0.2) is 9.98 Å². The Morgan fingerprint density at radius 1 is 1.03 bits per heavy atom. The van der Waals surface area contributed by atoms with E-state index in [9.17, 15) is 24.0 Å². The zero-order valence-corrected chi connectivity index (χ0v) is 20.3. The number of nitrogens with zero attached hydrogens (tertiary/aromatic N) is 2. The fourth-order valence-corrected chi connectivity index (χ4v) is 3.37. The second kappa shape index (κ2) is 11.7. The van der Waals surface area contributed by atoms with E-state index in [-0.39, 0.29) is 34.8 Å². The van der Waals surface area contributed by atoms with E-state index in [2.05, 4.69) is 20.3 Å². The molecule has 0 spiro atoms. The molecule has 2 N–H and O–H groups in total. The Labute approximate surface area is 199 Å². The first-order valence-corrected chi connectivity index (χ1v) is 11.3. The van der Waals surface area contributed by atoms with Crippen LogP contribution in [0.5, 0.6) is 0 Å². The molecule has 1 aromatic rings. The van der Waals surface area contributed by atoms with Gasteiger partial charge in [-0.3, -0.25) is 29.0 Å². The molecular formula is C20H26N4O9S. The van der Waals surface area contributed by atoms with E-state index in [4.69, 9.17) is 18.9 Å². The predicted octanol–water partition coefficient (Wildman–Crippen LogP) is 0.736. The van der Waals surface area contributed by atoms with Gasteiger partial charge in [0.1, 0.15) is 0 Å². The molecule has 1 saturated heterocycles. The molecule has 0 amide bonds. The van der Waals surface area contributed by atoms with Crippen LogP contribution in [0, 0.1) is 0 Å². The standard InChI is InChI=1S/C20H26N4O9S/c1-8(9(2)25)21-14-17(23-20(34-6)24-18(14)29)22-19-16(33-12(5)28)15(32-11(4)27)13(7-30-19)31-10(3)26/h13,15-16,19H,7H2,1-6H3,(H2,22,23,24,29). The lowest BCUT2D eigenvalue weighted by molar-refractivity contribution is -0.221. The Kier molecular flexibility index (Phi) is 9.32. The average Bonchev–Trinajstić information content (AvgIpc) is 2.72. The van der Waals surface area contributed by atoms with E-state index in [1.807, 2.05) is 0 Å². The highest BCUT2D eigenvalue weighted by molar-refractivity contribution is 7.98. The summed E-state index contributed by atoms with van der Waals surface area (Å²) in [7, 11) is 0. The number of rotatable bonds is 8. The number of aliphatic imine (C=N–C) groups is 1. The van der Waals surface area contributed by atoms with E-state index in [0.717, 1.165) is 25.6 Å². The highest BCUT2D eigenvalue weighted by atomic mass is 32.2. The number of nitrogens with one attached hydrogen (secondary N) is 2. The van der Waals surface area contributed by atoms with E-state index in [1.165, 1.54) is 20.8 Å². The second-order valence-corrected chi connectivity index (χ2v) is 8.02. The number of thioether (sulfide) groups is 1. The van der Waals surface area contributed by atoms with Crippen LogP contribution in [-0.2, 0) is 38.1 Å². The molecule has 186 valence electrons. The summed E-state index contributed by atoms with van der Waals surface area (Å²) in [4.78, 5) is 70.3. The minimum Gasteiger partial charge on any atom is -0.456 e. The van der Waals surface area contributed by atoms with Gasteiger partial charge in [0.05, 0.1) is 12.3 Å². The topological polar surface area (TPSA) is 175 Å². The Morgan fingerprint density at radius 3 is 2.15 bits per heavy atom. The van der Waals surface area contributed by atoms with Crippen molar-refractivity contribution in [2.75, 3.05) is 18.2 Å². The van der Waals surface area contributed by atoms with Crippen molar-refractivity contribution in [3.63, 3.8) is 0 Å². The molecule has 0 saturated carbocycles. The minimum absolute atomic E-state index is 0.0565. The van der Waals surface area contributed by atoms with Gasteiger partial charge in [0, 0.05) is 27.7 Å². The SMILES string of the molecule is CSc1nc(NC2OCC(OC(C)=O)C(OC(C)=O)C2OC(C)=O)c(N=C(C)C(C)=O)c(=O)[nH]1. The van der Waals surface area contributed by atoms with Crippen LogP contribution < -0.4 is 10.9 Å². The van der Waals surface area contributed by atoms with Crippen molar-refractivity contribution in [2.45, 2.75) is 64.3 Å². The number of ether oxygens (including phenoxy) is 4. The summed E-state index contributed by atoms with van der Waals surface area (Å²) in [6.45, 7) is 5.96. The van der Waals surface area contributed by atoms with Crippen molar-refractivity contribution < 1.29 is 38.1 Å². The second-order valence-electron chi connectivity index (χ2n) is 7.22. The summed E-state index contributed by atoms with van der Waals surface area (Å²) in [5.74, 6) is -2.51. The first-order chi connectivity index (χ1) is 15.9. The third-order valence-corrected chi connectivity index (χ3v) is 5.06. The van der Waals surface area contributed by atoms with Crippen molar-refractivity contribution in [3.8, 4) is 0 Å². The third-order valence-electron chi connectivity index (χ3n) is 4.48. The molecule has 4 atom stereocenters. The number of Topliss-reactive ketones (excluding diaryl/α,β-unsaturated/α-hetero) is 1. The van der Waals surface area contributed by atoms with Crippen LogP contribution in [0.3, 0.4) is 0 Å². The molecule has 1 aliphatic rings. The van der Waals surface area contributed by atoms with Crippen LogP contribution in [0.2, 0.25) is 0 Å². The zero-order chi connectivity index (χ0) is 25.6. The van der Waals surface area contributed by atoms with Crippen LogP contribution in [0.15, 0.2) is 14.9 Å². The number of aromatic nitrogens is 2. The molecule has 13 nitrogen and oxygen atoms in total. The number of esters is 3. The largest absolute Gasteiger partial charge is 0.456 e. The van der Waals surface area contributed by atoms with Gasteiger partial charge in [0.2, 0.25) is 0 Å². The molecule has 2 rings (SSSR count). The number of carbonyl (C=O) groups excluding carboxylic acids is 4. The van der Waals surface area contributed by atoms with Gasteiger partial charge in [0.25, 0.3) is 5.56 Å². The fraction of sp³-hybridized carbons (Fsp3) is 0.550. The van der Waals surface area contributed by atoms with Crippen LogP contribution >= 0.6 is 11.8 Å². The molecule has 0 aromatic carbocycles. The number of hydrogen-bond donors (Lipinski definition) is 2. The lowest BCUT2D eigenvalue weighted by atomic mass is 10.0. The molecule has 0 radical (unpaired) electrons. The van der Waals surface area contributed by atoms with Crippen molar-refractivity contribution in [2.24, 2.45) is 4.99 Å². The van der Waals surface area contributed by atoms with Gasteiger partial charge in [-0.15, -0.1) is 0 Å². The molecule has 1 aliphatic heterocycles. The monoisotopic (exact) mass is 498 g/mol. The first-order valence-electron chi connectivity index (χ1n) is 10.1. The molecular weight excluding hydrogens is 472 g/mol. The highest BCUT2D eigenvalue weighted by Gasteiger charge is 2.47. The van der Waals surface area contributed by atoms with Gasteiger partial charge in [-0.1, -0.05) is 11.8 Å². The third kappa shape index (κ3) is 7.12. The molecule has 34 heavy (non-hydrogen) atoms. The molecule has 0 aliphatic carbocycles. The number of anilines is 1. The van der Waals surface area contributed by atoms with Crippen LogP contribution in [-0.4, -0.2) is 76.8 Å². The lowest BCUT2D eigenvalue weighted by Crippen LogP contribution is -2.59.